The molecule has 0 aliphatic heterocycles. The highest BCUT2D eigenvalue weighted by molar-refractivity contribution is 6.34. The first-order chi connectivity index (χ1) is 36.0. The van der Waals surface area contributed by atoms with Crippen LogP contribution in [-0.2, 0) is 9.59 Å². The second-order valence-corrected chi connectivity index (χ2v) is 17.1. The van der Waals surface area contributed by atoms with Gasteiger partial charge in [0.15, 0.2) is 18.2 Å². The molecule has 0 atom stereocenters. The second kappa shape index (κ2) is 20.6. The maximum Gasteiger partial charge on any atom is 0.338 e. The van der Waals surface area contributed by atoms with E-state index in [1.165, 1.54) is 33.3 Å². The SMILES string of the molecule is C=CC(=O)Nc1cccc(-n2c(=O)n(-c3ccc(Oc4ccc(OC)c(OCN(C(=O)C=C)c5cccc(-n6c(=O)n(-c7ccc(Oc8cc(Cl)cc(Cl)c8)cc7)c7cnccc76)c5)c4)cc3)c3cnccc32)c1. The molecule has 366 valence electrons. The first-order valence-electron chi connectivity index (χ1n) is 22.6. The largest absolute Gasteiger partial charge is 0.493 e. The number of carbonyl (C=O) groups is 2. The summed E-state index contributed by atoms with van der Waals surface area (Å²) in [6, 6.07) is 41.2. The molecular formula is C56H40Cl2N8O8. The van der Waals surface area contributed by atoms with Gasteiger partial charge in [-0.3, -0.25) is 42.7 Å². The highest BCUT2D eigenvalue weighted by atomic mass is 35.5. The Balaban J connectivity index is 0.888. The van der Waals surface area contributed by atoms with E-state index in [0.717, 1.165) is 0 Å². The third-order valence-electron chi connectivity index (χ3n) is 11.7. The minimum Gasteiger partial charge on any atom is -0.493 e. The standard InChI is InChI=1S/C56H40Cl2N8O8/c1-4-53(67)61-37-8-6-10-41(29-37)65-47-22-24-59-32-49(47)63(55(65)69)38-12-16-43(17-13-38)73-45-20-21-51(71-3)52(31-45)72-34-62(54(68)5-2)40-9-7-11-42(30-40)66-48-23-25-60-33-50(48)64(56(66)70)39-14-18-44(19-15-39)74-46-27-35(57)26-36(58)28-46/h4-33H,1-2,34H2,3H3,(H,61,67). The minimum atomic E-state index is -0.474. The van der Waals surface area contributed by atoms with Crippen LogP contribution in [0.5, 0.6) is 34.5 Å². The maximum atomic E-state index is 14.5. The molecule has 0 aliphatic carbocycles. The van der Waals surface area contributed by atoms with Gasteiger partial charge in [0, 0.05) is 39.9 Å². The molecule has 6 aromatic carbocycles. The normalized spacial score (nSPS) is 11.0. The summed E-state index contributed by atoms with van der Waals surface area (Å²) >= 11 is 12.3. The molecular weight excluding hydrogens is 984 g/mol. The Kier molecular flexibility index (Phi) is 13.4. The Bertz CT molecular complexity index is 3920. The first-order valence-corrected chi connectivity index (χ1v) is 23.3. The molecule has 2 amide bonds. The lowest BCUT2D eigenvalue weighted by Crippen LogP contribution is -2.33. The van der Waals surface area contributed by atoms with Crippen molar-refractivity contribution in [2.24, 2.45) is 0 Å². The van der Waals surface area contributed by atoms with Crippen LogP contribution in [0.2, 0.25) is 10.0 Å². The Morgan fingerprint density at radius 2 is 1.12 bits per heavy atom. The molecule has 0 radical (unpaired) electrons. The van der Waals surface area contributed by atoms with E-state index in [-0.39, 0.29) is 29.8 Å². The number of nitrogens with zero attached hydrogens (tertiary/aromatic N) is 7. The lowest BCUT2D eigenvalue weighted by Gasteiger charge is -2.23. The zero-order valence-electron chi connectivity index (χ0n) is 39.1. The number of amides is 2. The lowest BCUT2D eigenvalue weighted by molar-refractivity contribution is -0.115. The van der Waals surface area contributed by atoms with Gasteiger partial charge in [0.1, 0.15) is 23.0 Å². The molecule has 18 heteroatoms. The van der Waals surface area contributed by atoms with Gasteiger partial charge >= 0.3 is 11.4 Å². The summed E-state index contributed by atoms with van der Waals surface area (Å²) in [4.78, 5) is 64.2. The molecule has 10 rings (SSSR count). The van der Waals surface area contributed by atoms with Crippen molar-refractivity contribution in [1.29, 1.82) is 0 Å². The number of methoxy groups -OCH3 is 1. The second-order valence-electron chi connectivity index (χ2n) is 16.3. The van der Waals surface area contributed by atoms with Crippen molar-refractivity contribution in [2.45, 2.75) is 0 Å². The molecule has 0 spiro atoms. The first kappa shape index (κ1) is 48.0. The Morgan fingerprint density at radius 3 is 1.69 bits per heavy atom. The van der Waals surface area contributed by atoms with Gasteiger partial charge in [0.25, 0.3) is 5.91 Å². The Morgan fingerprint density at radius 1 is 0.581 bits per heavy atom. The predicted octanol–water partition coefficient (Wildman–Crippen LogP) is 11.2. The Labute approximate surface area is 431 Å². The van der Waals surface area contributed by atoms with Crippen LogP contribution in [-0.4, -0.2) is 53.9 Å². The molecule has 0 aliphatic rings. The fourth-order valence-corrected chi connectivity index (χ4v) is 8.84. The minimum absolute atomic E-state index is 0.263. The van der Waals surface area contributed by atoms with Crippen LogP contribution in [0.15, 0.2) is 205 Å². The van der Waals surface area contributed by atoms with Gasteiger partial charge in [-0.25, -0.2) is 9.59 Å². The molecule has 0 saturated carbocycles. The van der Waals surface area contributed by atoms with Crippen LogP contribution in [0.25, 0.3) is 44.8 Å². The number of ether oxygens (including phenoxy) is 4. The van der Waals surface area contributed by atoms with Gasteiger partial charge in [-0.2, -0.15) is 0 Å². The third-order valence-corrected chi connectivity index (χ3v) is 12.1. The van der Waals surface area contributed by atoms with E-state index in [1.54, 1.807) is 180 Å². The van der Waals surface area contributed by atoms with Gasteiger partial charge in [-0.1, -0.05) is 48.5 Å². The van der Waals surface area contributed by atoms with E-state index in [1.807, 2.05) is 0 Å². The maximum absolute atomic E-state index is 14.5. The lowest BCUT2D eigenvalue weighted by atomic mass is 10.2. The number of anilines is 2. The molecule has 0 unspecified atom stereocenters. The van der Waals surface area contributed by atoms with Crippen molar-refractivity contribution in [2.75, 3.05) is 24.1 Å². The van der Waals surface area contributed by atoms with Crippen LogP contribution >= 0.6 is 23.2 Å². The number of halogens is 2. The quantitative estimate of drug-likeness (QED) is 0.0727. The van der Waals surface area contributed by atoms with Crippen molar-refractivity contribution < 1.29 is 28.5 Å². The van der Waals surface area contributed by atoms with Gasteiger partial charge in [-0.15, -0.1) is 0 Å². The molecule has 0 saturated heterocycles. The highest BCUT2D eigenvalue weighted by Gasteiger charge is 2.22. The fourth-order valence-electron chi connectivity index (χ4n) is 8.34. The summed E-state index contributed by atoms with van der Waals surface area (Å²) in [6.07, 6.45) is 8.76. The molecule has 0 bridgehead atoms. The van der Waals surface area contributed by atoms with Crippen LogP contribution in [0.3, 0.4) is 0 Å². The molecule has 1 N–H and O–H groups in total. The number of aromatic nitrogens is 6. The van der Waals surface area contributed by atoms with E-state index >= 15 is 0 Å². The molecule has 74 heavy (non-hydrogen) atoms. The number of hydrogen-bond donors (Lipinski definition) is 1. The number of hydrogen-bond acceptors (Lipinski definition) is 10. The van der Waals surface area contributed by atoms with Crippen molar-refractivity contribution in [3.8, 4) is 57.2 Å². The fraction of sp³-hybridized carbons (Fsp3) is 0.0357. The van der Waals surface area contributed by atoms with E-state index in [4.69, 9.17) is 42.1 Å². The number of imidazole rings is 2. The van der Waals surface area contributed by atoms with Crippen molar-refractivity contribution in [3.63, 3.8) is 0 Å². The van der Waals surface area contributed by atoms with E-state index in [9.17, 15) is 19.2 Å². The van der Waals surface area contributed by atoms with Crippen LogP contribution in [0.4, 0.5) is 11.4 Å². The summed E-state index contributed by atoms with van der Waals surface area (Å²) in [5.74, 6) is 1.57. The summed E-state index contributed by atoms with van der Waals surface area (Å²) in [5.41, 5.74) is 4.56. The topological polar surface area (TPSA) is 166 Å². The third kappa shape index (κ3) is 9.60. The predicted molar refractivity (Wildman–Crippen MR) is 285 cm³/mol. The smallest absolute Gasteiger partial charge is 0.338 e. The van der Waals surface area contributed by atoms with Gasteiger partial charge in [-0.05, 0) is 140 Å². The molecule has 4 aromatic heterocycles. The van der Waals surface area contributed by atoms with E-state index in [0.29, 0.717) is 95.0 Å². The van der Waals surface area contributed by atoms with Gasteiger partial charge in [0.05, 0.1) is 64.3 Å². The number of nitrogens with one attached hydrogen (secondary N) is 1. The summed E-state index contributed by atoms with van der Waals surface area (Å²) in [5, 5.41) is 3.60. The number of fused-ring (bicyclic) bond motifs is 2. The number of pyridine rings is 2. The monoisotopic (exact) mass is 1020 g/mol. The molecule has 10 aromatic rings. The van der Waals surface area contributed by atoms with Crippen molar-refractivity contribution in [3.05, 3.63) is 227 Å². The summed E-state index contributed by atoms with van der Waals surface area (Å²) in [7, 11) is 1.49. The average molecular weight is 1020 g/mol. The van der Waals surface area contributed by atoms with E-state index < -0.39 is 5.91 Å². The molecule has 4 heterocycles. The highest BCUT2D eigenvalue weighted by Crippen LogP contribution is 2.35. The zero-order chi connectivity index (χ0) is 51.5. The number of rotatable bonds is 16. The summed E-state index contributed by atoms with van der Waals surface area (Å²) < 4.78 is 30.3. The number of carbonyl (C=O) groups excluding carboxylic acids is 2. The van der Waals surface area contributed by atoms with Crippen LogP contribution < -0.4 is 40.5 Å². The molecule has 16 nitrogen and oxygen atoms in total. The van der Waals surface area contributed by atoms with E-state index in [2.05, 4.69) is 28.4 Å². The van der Waals surface area contributed by atoms with Crippen LogP contribution in [0.1, 0.15) is 0 Å². The Hall–Kier alpha value is -9.64. The number of benzene rings is 6. The van der Waals surface area contributed by atoms with Crippen molar-refractivity contribution in [1.82, 2.24) is 28.2 Å². The van der Waals surface area contributed by atoms with Gasteiger partial charge < -0.3 is 24.3 Å². The van der Waals surface area contributed by atoms with Gasteiger partial charge in [0.2, 0.25) is 5.91 Å². The van der Waals surface area contributed by atoms with Crippen LogP contribution in [0, 0.1) is 0 Å². The van der Waals surface area contributed by atoms with Crippen molar-refractivity contribution >= 4 is 68.5 Å². The zero-order valence-corrected chi connectivity index (χ0v) is 40.6. The average Bonchev–Trinajstić information content (AvgIpc) is 3.89. The summed E-state index contributed by atoms with van der Waals surface area (Å²) in [6.45, 7) is 6.95. The molecule has 0 fully saturated rings.